The van der Waals surface area contributed by atoms with E-state index in [0.29, 0.717) is 5.56 Å². The molecule has 1 amide bonds. The number of aromatic nitrogens is 2. The van der Waals surface area contributed by atoms with Crippen LogP contribution in [0.2, 0.25) is 0 Å². The number of nitrogens with zero attached hydrogens (tertiary/aromatic N) is 1. The quantitative estimate of drug-likeness (QED) is 0.793. The molecule has 0 saturated carbocycles. The Bertz CT molecular complexity index is 654. The van der Waals surface area contributed by atoms with Crippen LogP contribution in [-0.4, -0.2) is 27.0 Å². The number of aromatic carboxylic acids is 1. The molecule has 7 heteroatoms. The van der Waals surface area contributed by atoms with Crippen molar-refractivity contribution in [2.45, 2.75) is 13.0 Å². The number of carboxylic acids is 1. The average Bonchev–Trinajstić information content (AvgIpc) is 2.88. The Kier molecular flexibility index (Phi) is 3.79. The van der Waals surface area contributed by atoms with Gasteiger partial charge in [0.1, 0.15) is 5.82 Å². The zero-order valence-electron chi connectivity index (χ0n) is 10.6. The van der Waals surface area contributed by atoms with Crippen LogP contribution in [0.25, 0.3) is 0 Å². The van der Waals surface area contributed by atoms with Crippen LogP contribution >= 0.6 is 0 Å². The SMILES string of the molecule is C[C@@H](NC(=O)c1nc[nH]c1C(=O)O)c1cccc(F)c1. The van der Waals surface area contributed by atoms with Crippen molar-refractivity contribution in [3.05, 3.63) is 53.4 Å². The summed E-state index contributed by atoms with van der Waals surface area (Å²) in [5, 5.41) is 11.5. The Labute approximate surface area is 113 Å². The molecule has 1 atom stereocenters. The first-order chi connectivity index (χ1) is 9.49. The molecule has 1 heterocycles. The van der Waals surface area contributed by atoms with Gasteiger partial charge in [0.2, 0.25) is 0 Å². The molecule has 0 aliphatic carbocycles. The lowest BCUT2D eigenvalue weighted by Crippen LogP contribution is -2.28. The number of aromatic amines is 1. The van der Waals surface area contributed by atoms with Crippen LogP contribution in [0.3, 0.4) is 0 Å². The van der Waals surface area contributed by atoms with Crippen molar-refractivity contribution in [2.24, 2.45) is 0 Å². The predicted molar refractivity (Wildman–Crippen MR) is 67.8 cm³/mol. The fourth-order valence-electron chi connectivity index (χ4n) is 1.75. The lowest BCUT2D eigenvalue weighted by atomic mass is 10.1. The Morgan fingerprint density at radius 1 is 1.45 bits per heavy atom. The van der Waals surface area contributed by atoms with Crippen LogP contribution in [0.5, 0.6) is 0 Å². The van der Waals surface area contributed by atoms with E-state index in [2.05, 4.69) is 15.3 Å². The Morgan fingerprint density at radius 3 is 2.85 bits per heavy atom. The molecule has 0 aliphatic rings. The standard InChI is InChI=1S/C13H12FN3O3/c1-7(8-3-2-4-9(14)5-8)17-12(18)10-11(13(19)20)16-6-15-10/h2-7H,1H3,(H,15,16)(H,17,18)(H,19,20)/t7-/m1/s1. The van der Waals surface area contributed by atoms with Gasteiger partial charge in [-0.2, -0.15) is 0 Å². The summed E-state index contributed by atoms with van der Waals surface area (Å²) in [6.07, 6.45) is 1.13. The van der Waals surface area contributed by atoms with Gasteiger partial charge in [-0.05, 0) is 24.6 Å². The molecule has 0 unspecified atom stereocenters. The molecule has 2 rings (SSSR count). The minimum atomic E-state index is -1.27. The molecular weight excluding hydrogens is 265 g/mol. The Balaban J connectivity index is 2.15. The highest BCUT2D eigenvalue weighted by Gasteiger charge is 2.21. The minimum Gasteiger partial charge on any atom is -0.477 e. The first kappa shape index (κ1) is 13.7. The smallest absolute Gasteiger partial charge is 0.354 e. The fraction of sp³-hybridized carbons (Fsp3) is 0.154. The third-order valence-electron chi connectivity index (χ3n) is 2.76. The minimum absolute atomic E-state index is 0.208. The van der Waals surface area contributed by atoms with Crippen LogP contribution in [0.4, 0.5) is 4.39 Å². The monoisotopic (exact) mass is 277 g/mol. The molecule has 1 aromatic carbocycles. The van der Waals surface area contributed by atoms with Crippen LogP contribution < -0.4 is 5.32 Å². The third kappa shape index (κ3) is 2.82. The number of carboxylic acid groups (broad SMARTS) is 1. The van der Waals surface area contributed by atoms with Crippen molar-refractivity contribution in [1.82, 2.24) is 15.3 Å². The lowest BCUT2D eigenvalue weighted by molar-refractivity contribution is 0.0684. The number of halogens is 1. The molecule has 0 saturated heterocycles. The zero-order valence-corrected chi connectivity index (χ0v) is 10.6. The number of hydrogen-bond donors (Lipinski definition) is 3. The Hall–Kier alpha value is -2.70. The summed E-state index contributed by atoms with van der Waals surface area (Å²) in [5.74, 6) is -2.32. The molecule has 1 aromatic heterocycles. The van der Waals surface area contributed by atoms with Crippen molar-refractivity contribution in [3.63, 3.8) is 0 Å². The van der Waals surface area contributed by atoms with Crippen molar-refractivity contribution in [2.75, 3.05) is 0 Å². The number of hydrogen-bond acceptors (Lipinski definition) is 3. The van der Waals surface area contributed by atoms with E-state index in [9.17, 15) is 14.0 Å². The molecule has 3 N–H and O–H groups in total. The number of benzene rings is 1. The van der Waals surface area contributed by atoms with Crippen molar-refractivity contribution in [1.29, 1.82) is 0 Å². The first-order valence-corrected chi connectivity index (χ1v) is 5.82. The van der Waals surface area contributed by atoms with E-state index in [4.69, 9.17) is 5.11 Å². The summed E-state index contributed by atoms with van der Waals surface area (Å²) in [5.41, 5.74) is 0.0838. The maximum Gasteiger partial charge on any atom is 0.354 e. The molecule has 0 aliphatic heterocycles. The van der Waals surface area contributed by atoms with E-state index < -0.39 is 23.7 Å². The number of rotatable bonds is 4. The lowest BCUT2D eigenvalue weighted by Gasteiger charge is -2.13. The molecule has 0 bridgehead atoms. The molecular formula is C13H12FN3O3. The molecule has 104 valence electrons. The molecule has 2 aromatic rings. The number of carbonyl (C=O) groups is 2. The van der Waals surface area contributed by atoms with E-state index in [0.717, 1.165) is 6.33 Å². The number of carbonyl (C=O) groups excluding carboxylic acids is 1. The zero-order chi connectivity index (χ0) is 14.7. The number of amides is 1. The van der Waals surface area contributed by atoms with E-state index in [-0.39, 0.29) is 11.4 Å². The summed E-state index contributed by atoms with van der Waals surface area (Å²) < 4.78 is 13.1. The van der Waals surface area contributed by atoms with Crippen LogP contribution in [0, 0.1) is 5.82 Å². The van der Waals surface area contributed by atoms with Crippen molar-refractivity contribution in [3.8, 4) is 0 Å². The second-order valence-corrected chi connectivity index (χ2v) is 4.18. The van der Waals surface area contributed by atoms with Gasteiger partial charge in [-0.25, -0.2) is 14.2 Å². The molecule has 6 nitrogen and oxygen atoms in total. The van der Waals surface area contributed by atoms with Gasteiger partial charge in [0, 0.05) is 0 Å². The van der Waals surface area contributed by atoms with Gasteiger partial charge in [-0.15, -0.1) is 0 Å². The fourth-order valence-corrected chi connectivity index (χ4v) is 1.75. The highest BCUT2D eigenvalue weighted by molar-refractivity contribution is 6.02. The van der Waals surface area contributed by atoms with Gasteiger partial charge in [0.15, 0.2) is 11.4 Å². The molecule has 0 radical (unpaired) electrons. The second kappa shape index (κ2) is 5.52. The third-order valence-corrected chi connectivity index (χ3v) is 2.76. The maximum absolute atomic E-state index is 13.1. The summed E-state index contributed by atoms with van der Waals surface area (Å²) in [7, 11) is 0. The number of nitrogens with one attached hydrogen (secondary N) is 2. The summed E-state index contributed by atoms with van der Waals surface area (Å²) in [6, 6.07) is 5.32. The van der Waals surface area contributed by atoms with Gasteiger partial charge in [0.25, 0.3) is 5.91 Å². The van der Waals surface area contributed by atoms with Crippen LogP contribution in [0.15, 0.2) is 30.6 Å². The highest BCUT2D eigenvalue weighted by atomic mass is 19.1. The van der Waals surface area contributed by atoms with Crippen molar-refractivity contribution < 1.29 is 19.1 Å². The summed E-state index contributed by atoms with van der Waals surface area (Å²) in [4.78, 5) is 28.9. The molecule has 0 spiro atoms. The van der Waals surface area contributed by atoms with Crippen LogP contribution in [0.1, 0.15) is 39.5 Å². The van der Waals surface area contributed by atoms with Gasteiger partial charge < -0.3 is 15.4 Å². The molecule has 20 heavy (non-hydrogen) atoms. The average molecular weight is 277 g/mol. The first-order valence-electron chi connectivity index (χ1n) is 5.82. The normalized spacial score (nSPS) is 11.9. The van der Waals surface area contributed by atoms with Crippen molar-refractivity contribution >= 4 is 11.9 Å². The summed E-state index contributed by atoms with van der Waals surface area (Å²) >= 11 is 0. The summed E-state index contributed by atoms with van der Waals surface area (Å²) in [6.45, 7) is 1.67. The highest BCUT2D eigenvalue weighted by Crippen LogP contribution is 2.14. The second-order valence-electron chi connectivity index (χ2n) is 4.18. The molecule has 0 fully saturated rings. The Morgan fingerprint density at radius 2 is 2.20 bits per heavy atom. The maximum atomic E-state index is 13.1. The predicted octanol–water partition coefficient (Wildman–Crippen LogP) is 1.74. The van der Waals surface area contributed by atoms with Gasteiger partial charge in [0.05, 0.1) is 12.4 Å². The van der Waals surface area contributed by atoms with Gasteiger partial charge >= 0.3 is 5.97 Å². The van der Waals surface area contributed by atoms with E-state index in [1.54, 1.807) is 13.0 Å². The largest absolute Gasteiger partial charge is 0.477 e. The number of imidazole rings is 1. The van der Waals surface area contributed by atoms with Crippen LogP contribution in [-0.2, 0) is 0 Å². The topological polar surface area (TPSA) is 95.1 Å². The van der Waals surface area contributed by atoms with Gasteiger partial charge in [-0.3, -0.25) is 4.79 Å². The van der Waals surface area contributed by atoms with Gasteiger partial charge in [-0.1, -0.05) is 12.1 Å². The van der Waals surface area contributed by atoms with E-state index >= 15 is 0 Å². The van der Waals surface area contributed by atoms with E-state index in [1.807, 2.05) is 0 Å². The van der Waals surface area contributed by atoms with E-state index in [1.165, 1.54) is 18.2 Å². The number of H-pyrrole nitrogens is 1.